The molecular formula is C21H16Cl2F2N2O3. The van der Waals surface area contributed by atoms with Gasteiger partial charge in [-0.15, -0.1) is 0 Å². The third-order valence-corrected chi connectivity index (χ3v) is 4.98. The molecule has 0 saturated carbocycles. The standard InChI is InChI=1S/C21H16Cl2F2N2O3/c1-10-3-5-11(6-4-10)9-30-21(28)19-14(23)17(26)16(25)18(27-19)12-7-8-13(22)20(29-2)15(12)24/h3-8H,9H2,1-2H3,(H2,26,27). The highest BCUT2D eigenvalue weighted by Gasteiger charge is 2.26. The summed E-state index contributed by atoms with van der Waals surface area (Å²) in [6.45, 7) is 1.86. The average Bonchev–Trinajstić information content (AvgIpc) is 2.73. The van der Waals surface area contributed by atoms with Gasteiger partial charge >= 0.3 is 5.97 Å². The second kappa shape index (κ2) is 8.85. The summed E-state index contributed by atoms with van der Waals surface area (Å²) in [6.07, 6.45) is 0. The first-order valence-corrected chi connectivity index (χ1v) is 9.39. The topological polar surface area (TPSA) is 74.4 Å². The molecule has 0 radical (unpaired) electrons. The summed E-state index contributed by atoms with van der Waals surface area (Å²) in [5.41, 5.74) is 5.66. The third-order valence-electron chi connectivity index (χ3n) is 4.30. The number of methoxy groups -OCH3 is 1. The Labute approximate surface area is 181 Å². The lowest BCUT2D eigenvalue weighted by molar-refractivity contribution is 0.0466. The number of esters is 1. The van der Waals surface area contributed by atoms with Crippen LogP contribution in [0.4, 0.5) is 14.5 Å². The number of halogens is 4. The fourth-order valence-electron chi connectivity index (χ4n) is 2.68. The molecule has 2 N–H and O–H groups in total. The summed E-state index contributed by atoms with van der Waals surface area (Å²) >= 11 is 11.9. The second-order valence-electron chi connectivity index (χ2n) is 6.35. The number of carbonyl (C=O) groups is 1. The number of pyridine rings is 1. The number of ether oxygens (including phenoxy) is 2. The Kier molecular flexibility index (Phi) is 6.43. The van der Waals surface area contributed by atoms with Crippen LogP contribution < -0.4 is 10.5 Å². The van der Waals surface area contributed by atoms with Crippen LogP contribution in [-0.4, -0.2) is 18.1 Å². The summed E-state index contributed by atoms with van der Waals surface area (Å²) in [4.78, 5) is 16.4. The van der Waals surface area contributed by atoms with Gasteiger partial charge in [0.25, 0.3) is 0 Å². The molecule has 0 aliphatic heterocycles. The number of anilines is 1. The van der Waals surface area contributed by atoms with Crippen molar-refractivity contribution < 1.29 is 23.0 Å². The minimum absolute atomic E-state index is 0.0150. The van der Waals surface area contributed by atoms with Crippen molar-refractivity contribution in [3.8, 4) is 17.0 Å². The zero-order valence-electron chi connectivity index (χ0n) is 15.9. The van der Waals surface area contributed by atoms with Crippen LogP contribution in [0.25, 0.3) is 11.3 Å². The highest BCUT2D eigenvalue weighted by atomic mass is 35.5. The van der Waals surface area contributed by atoms with E-state index in [0.29, 0.717) is 0 Å². The number of benzene rings is 2. The van der Waals surface area contributed by atoms with Crippen LogP contribution in [0.3, 0.4) is 0 Å². The van der Waals surface area contributed by atoms with E-state index in [1.54, 1.807) is 12.1 Å². The van der Waals surface area contributed by atoms with Gasteiger partial charge in [-0.2, -0.15) is 0 Å². The van der Waals surface area contributed by atoms with E-state index in [1.807, 2.05) is 19.1 Å². The number of hydrogen-bond acceptors (Lipinski definition) is 5. The van der Waals surface area contributed by atoms with Crippen molar-refractivity contribution in [2.45, 2.75) is 13.5 Å². The van der Waals surface area contributed by atoms with Crippen LogP contribution in [-0.2, 0) is 11.3 Å². The van der Waals surface area contributed by atoms with E-state index in [4.69, 9.17) is 38.4 Å². The number of nitrogen functional groups attached to an aromatic ring is 1. The molecule has 0 aliphatic rings. The van der Waals surface area contributed by atoms with Gasteiger partial charge in [0.05, 0.1) is 22.8 Å². The molecule has 1 heterocycles. The molecule has 3 aromatic rings. The predicted molar refractivity (Wildman–Crippen MR) is 111 cm³/mol. The molecule has 0 saturated heterocycles. The van der Waals surface area contributed by atoms with Crippen LogP contribution in [0.15, 0.2) is 36.4 Å². The van der Waals surface area contributed by atoms with E-state index in [0.717, 1.165) is 11.1 Å². The number of aryl methyl sites for hydroxylation is 1. The first-order chi connectivity index (χ1) is 14.2. The lowest BCUT2D eigenvalue weighted by atomic mass is 10.1. The van der Waals surface area contributed by atoms with Crippen molar-refractivity contribution >= 4 is 34.9 Å². The number of aromatic nitrogens is 1. The molecule has 2 aromatic carbocycles. The molecule has 0 atom stereocenters. The highest BCUT2D eigenvalue weighted by molar-refractivity contribution is 6.36. The van der Waals surface area contributed by atoms with Gasteiger partial charge in [-0.3, -0.25) is 0 Å². The molecule has 30 heavy (non-hydrogen) atoms. The van der Waals surface area contributed by atoms with Gasteiger partial charge < -0.3 is 15.2 Å². The van der Waals surface area contributed by atoms with Crippen LogP contribution in [0.1, 0.15) is 21.6 Å². The van der Waals surface area contributed by atoms with E-state index in [1.165, 1.54) is 19.2 Å². The van der Waals surface area contributed by atoms with E-state index >= 15 is 0 Å². The number of nitrogens with two attached hydrogens (primary N) is 1. The van der Waals surface area contributed by atoms with Gasteiger partial charge in [-0.25, -0.2) is 18.6 Å². The molecule has 0 aliphatic carbocycles. The number of hydrogen-bond donors (Lipinski definition) is 1. The van der Waals surface area contributed by atoms with Gasteiger partial charge in [-0.1, -0.05) is 53.0 Å². The first-order valence-electron chi connectivity index (χ1n) is 8.64. The largest absolute Gasteiger partial charge is 0.492 e. The van der Waals surface area contributed by atoms with Gasteiger partial charge in [0.1, 0.15) is 12.3 Å². The van der Waals surface area contributed by atoms with Crippen molar-refractivity contribution in [1.29, 1.82) is 0 Å². The SMILES string of the molecule is COc1c(Cl)ccc(-c2nc(C(=O)OCc3ccc(C)cc3)c(Cl)c(N)c2F)c1F. The smallest absolute Gasteiger partial charge is 0.358 e. The molecule has 0 unspecified atom stereocenters. The number of rotatable bonds is 5. The maximum absolute atomic E-state index is 14.8. The fraction of sp³-hybridized carbons (Fsp3) is 0.143. The van der Waals surface area contributed by atoms with E-state index in [9.17, 15) is 13.6 Å². The van der Waals surface area contributed by atoms with Gasteiger partial charge in [0.15, 0.2) is 23.1 Å². The molecule has 0 bridgehead atoms. The monoisotopic (exact) mass is 452 g/mol. The Morgan fingerprint density at radius 2 is 1.77 bits per heavy atom. The van der Waals surface area contributed by atoms with Gasteiger partial charge in [-0.05, 0) is 24.6 Å². The second-order valence-corrected chi connectivity index (χ2v) is 7.14. The van der Waals surface area contributed by atoms with E-state index in [2.05, 4.69) is 4.98 Å². The summed E-state index contributed by atoms with van der Waals surface area (Å²) in [7, 11) is 1.21. The molecule has 1 aromatic heterocycles. The van der Waals surface area contributed by atoms with Gasteiger partial charge in [0.2, 0.25) is 0 Å². The molecule has 0 amide bonds. The Bertz CT molecular complexity index is 1120. The van der Waals surface area contributed by atoms with Gasteiger partial charge in [0, 0.05) is 5.56 Å². The maximum atomic E-state index is 14.8. The zero-order chi connectivity index (χ0) is 22.0. The Balaban J connectivity index is 2.00. The molecule has 5 nitrogen and oxygen atoms in total. The fourth-order valence-corrected chi connectivity index (χ4v) is 3.10. The first kappa shape index (κ1) is 21.8. The quantitative estimate of drug-likeness (QED) is 0.510. The summed E-state index contributed by atoms with van der Waals surface area (Å²) in [5.74, 6) is -3.28. The summed E-state index contributed by atoms with van der Waals surface area (Å²) in [6, 6.07) is 9.80. The normalized spacial score (nSPS) is 10.7. The average molecular weight is 453 g/mol. The number of nitrogens with zero attached hydrogens (tertiary/aromatic N) is 1. The minimum atomic E-state index is -1.08. The van der Waals surface area contributed by atoms with Crippen LogP contribution in [0, 0.1) is 18.6 Å². The molecule has 3 rings (SSSR count). The maximum Gasteiger partial charge on any atom is 0.358 e. The molecular weight excluding hydrogens is 437 g/mol. The van der Waals surface area contributed by atoms with Crippen LogP contribution in [0.5, 0.6) is 5.75 Å². The minimum Gasteiger partial charge on any atom is -0.492 e. The van der Waals surface area contributed by atoms with E-state index < -0.39 is 39.7 Å². The van der Waals surface area contributed by atoms with Crippen LogP contribution in [0.2, 0.25) is 10.0 Å². The predicted octanol–water partition coefficient (Wildman–Crippen LogP) is 5.59. The molecule has 0 fully saturated rings. The molecule has 156 valence electrons. The van der Waals surface area contributed by atoms with Crippen molar-refractivity contribution in [3.05, 3.63) is 74.9 Å². The molecule has 0 spiro atoms. The zero-order valence-corrected chi connectivity index (χ0v) is 17.4. The van der Waals surface area contributed by atoms with Crippen molar-refractivity contribution in [3.63, 3.8) is 0 Å². The summed E-state index contributed by atoms with van der Waals surface area (Å²) in [5, 5.41) is -0.440. The lowest BCUT2D eigenvalue weighted by Gasteiger charge is -2.13. The Hall–Kier alpha value is -2.90. The van der Waals surface area contributed by atoms with Crippen molar-refractivity contribution in [1.82, 2.24) is 4.98 Å². The van der Waals surface area contributed by atoms with Crippen molar-refractivity contribution in [2.24, 2.45) is 0 Å². The number of carbonyl (C=O) groups excluding carboxylic acids is 1. The third kappa shape index (κ3) is 4.17. The highest BCUT2D eigenvalue weighted by Crippen LogP contribution is 2.38. The van der Waals surface area contributed by atoms with Crippen molar-refractivity contribution in [2.75, 3.05) is 12.8 Å². The molecule has 9 heteroatoms. The summed E-state index contributed by atoms with van der Waals surface area (Å²) < 4.78 is 39.6. The Morgan fingerprint density at radius 1 is 1.10 bits per heavy atom. The van der Waals surface area contributed by atoms with E-state index in [-0.39, 0.29) is 22.9 Å². The van der Waals surface area contributed by atoms with Crippen LogP contribution >= 0.6 is 23.2 Å². The lowest BCUT2D eigenvalue weighted by Crippen LogP contribution is -2.12. The Morgan fingerprint density at radius 3 is 2.40 bits per heavy atom.